The molecule has 0 saturated carbocycles. The van der Waals surface area contributed by atoms with Crippen molar-refractivity contribution in [3.63, 3.8) is 0 Å². The van der Waals surface area contributed by atoms with Crippen molar-refractivity contribution < 1.29 is 9.59 Å². The topological polar surface area (TPSA) is 53.0 Å². The Morgan fingerprint density at radius 1 is 1.04 bits per heavy atom. The Labute approximate surface area is 140 Å². The van der Waals surface area contributed by atoms with Gasteiger partial charge in [0.15, 0.2) is 6.29 Å². The van der Waals surface area contributed by atoms with Crippen LogP contribution in [0.4, 0.5) is 0 Å². The summed E-state index contributed by atoms with van der Waals surface area (Å²) in [6.07, 6.45) is 2.72. The maximum atomic E-state index is 13.1. The summed E-state index contributed by atoms with van der Waals surface area (Å²) in [6, 6.07) is 11.4. The predicted octanol–water partition coefficient (Wildman–Crippen LogP) is 2.56. The lowest BCUT2D eigenvalue weighted by molar-refractivity contribution is 0.0797. The number of aldehydes is 1. The highest BCUT2D eigenvalue weighted by atomic mass is 16.2. The van der Waals surface area contributed by atoms with Gasteiger partial charge in [-0.1, -0.05) is 24.3 Å². The molecule has 1 amide bonds. The smallest absolute Gasteiger partial charge is 0.261 e. The normalized spacial score (nSPS) is 17.4. The van der Waals surface area contributed by atoms with Gasteiger partial charge in [-0.3, -0.25) is 19.5 Å². The van der Waals surface area contributed by atoms with Crippen LogP contribution < -0.4 is 0 Å². The van der Waals surface area contributed by atoms with Crippen LogP contribution in [0.1, 0.15) is 33.6 Å². The number of aliphatic imine (C=N–C) groups is 1. The molecule has 2 aliphatic rings. The number of hydrogen-bond donors (Lipinski definition) is 0. The zero-order chi connectivity index (χ0) is 16.5. The van der Waals surface area contributed by atoms with Crippen LogP contribution in [0.15, 0.2) is 41.4 Å². The first-order chi connectivity index (χ1) is 11.8. The van der Waals surface area contributed by atoms with Crippen molar-refractivity contribution in [1.82, 2.24) is 9.80 Å². The molecule has 2 aliphatic heterocycles. The van der Waals surface area contributed by atoms with E-state index in [1.807, 2.05) is 30.3 Å². The predicted molar refractivity (Wildman–Crippen MR) is 93.5 cm³/mol. The zero-order valence-corrected chi connectivity index (χ0v) is 13.4. The van der Waals surface area contributed by atoms with Gasteiger partial charge in [0.2, 0.25) is 5.96 Å². The molecule has 0 radical (unpaired) electrons. The van der Waals surface area contributed by atoms with Gasteiger partial charge in [0.05, 0.1) is 5.56 Å². The average Bonchev–Trinajstić information content (AvgIpc) is 2.66. The maximum absolute atomic E-state index is 13.1. The first-order valence-electron chi connectivity index (χ1n) is 8.37. The fraction of sp³-hybridized carbons (Fsp3) is 0.316. The fourth-order valence-corrected chi connectivity index (χ4v) is 3.51. The summed E-state index contributed by atoms with van der Waals surface area (Å²) in [5.74, 6) is 0.635. The van der Waals surface area contributed by atoms with Gasteiger partial charge in [-0.15, -0.1) is 0 Å². The van der Waals surface area contributed by atoms with E-state index in [1.165, 1.54) is 0 Å². The molecule has 0 aliphatic carbocycles. The highest BCUT2D eigenvalue weighted by Gasteiger charge is 2.31. The van der Waals surface area contributed by atoms with E-state index in [1.54, 1.807) is 11.0 Å². The quantitative estimate of drug-likeness (QED) is 0.799. The van der Waals surface area contributed by atoms with E-state index in [-0.39, 0.29) is 5.91 Å². The number of guanidine groups is 1. The third kappa shape index (κ3) is 2.46. The van der Waals surface area contributed by atoms with Crippen LogP contribution in [0.3, 0.4) is 0 Å². The summed E-state index contributed by atoms with van der Waals surface area (Å²) >= 11 is 0. The number of hydrogen-bond acceptors (Lipinski definition) is 4. The van der Waals surface area contributed by atoms with Gasteiger partial charge < -0.3 is 4.90 Å². The van der Waals surface area contributed by atoms with Gasteiger partial charge in [0.25, 0.3) is 5.91 Å². The lowest BCUT2D eigenvalue weighted by Gasteiger charge is -2.40. The number of amides is 1. The molecule has 0 aromatic heterocycles. The molecule has 0 N–H and O–H groups in total. The number of carbonyl (C=O) groups excluding carboxylic acids is 2. The summed E-state index contributed by atoms with van der Waals surface area (Å²) < 4.78 is 0. The minimum absolute atomic E-state index is 0.131. The van der Waals surface area contributed by atoms with Crippen molar-refractivity contribution in [2.24, 2.45) is 4.99 Å². The number of fused-ring (bicyclic) bond motifs is 2. The average molecular weight is 321 g/mol. The summed E-state index contributed by atoms with van der Waals surface area (Å²) in [7, 11) is 0. The molecular weight excluding hydrogens is 302 g/mol. The lowest BCUT2D eigenvalue weighted by Crippen LogP contribution is -2.54. The van der Waals surface area contributed by atoms with E-state index < -0.39 is 0 Å². The first-order valence-corrected chi connectivity index (χ1v) is 8.37. The standard InChI is InChI=1S/C19H19N3O2/c23-13-16-11-14-5-1-2-6-15(14)12-17(16)18(24)22-10-4-9-21-8-3-7-20-19(21)22/h1-2,5-6,11-13H,3-4,7-10H2. The van der Waals surface area contributed by atoms with Crippen LogP contribution in [0.5, 0.6) is 0 Å². The molecule has 1 fully saturated rings. The third-order valence-electron chi connectivity index (χ3n) is 4.69. The van der Waals surface area contributed by atoms with Gasteiger partial charge >= 0.3 is 0 Å². The maximum Gasteiger partial charge on any atom is 0.261 e. The Balaban J connectivity index is 1.77. The molecule has 0 bridgehead atoms. The fourth-order valence-electron chi connectivity index (χ4n) is 3.51. The van der Waals surface area contributed by atoms with Gasteiger partial charge in [-0.05, 0) is 35.7 Å². The number of rotatable bonds is 2. The summed E-state index contributed by atoms with van der Waals surface area (Å²) in [6.45, 7) is 3.30. The Hall–Kier alpha value is -2.69. The summed E-state index contributed by atoms with van der Waals surface area (Å²) in [4.78, 5) is 33.1. The second-order valence-corrected chi connectivity index (χ2v) is 6.24. The van der Waals surface area contributed by atoms with Crippen LogP contribution in [-0.4, -0.2) is 54.1 Å². The molecule has 4 rings (SSSR count). The molecule has 5 nitrogen and oxygen atoms in total. The van der Waals surface area contributed by atoms with Crippen LogP contribution >= 0.6 is 0 Å². The van der Waals surface area contributed by atoms with Crippen molar-refractivity contribution in [1.29, 1.82) is 0 Å². The molecule has 0 atom stereocenters. The molecule has 2 aromatic carbocycles. The molecule has 0 unspecified atom stereocenters. The lowest BCUT2D eigenvalue weighted by atomic mass is 10.0. The van der Waals surface area contributed by atoms with E-state index in [9.17, 15) is 9.59 Å². The SMILES string of the molecule is O=Cc1cc2ccccc2cc1C(=O)N1CCCN2CCCN=C21. The molecule has 2 heterocycles. The Bertz CT molecular complexity index is 844. The van der Waals surface area contributed by atoms with Gasteiger partial charge in [0, 0.05) is 31.7 Å². The summed E-state index contributed by atoms with van der Waals surface area (Å²) in [5.41, 5.74) is 0.894. The van der Waals surface area contributed by atoms with Gasteiger partial charge in [-0.25, -0.2) is 0 Å². The second-order valence-electron chi connectivity index (χ2n) is 6.24. The second kappa shape index (κ2) is 6.07. The van der Waals surface area contributed by atoms with Crippen molar-refractivity contribution in [2.45, 2.75) is 12.8 Å². The molecule has 24 heavy (non-hydrogen) atoms. The minimum atomic E-state index is -0.131. The Kier molecular flexibility index (Phi) is 3.76. The molecule has 2 aromatic rings. The van der Waals surface area contributed by atoms with Crippen LogP contribution in [0.25, 0.3) is 10.8 Å². The van der Waals surface area contributed by atoms with E-state index >= 15 is 0 Å². The Morgan fingerprint density at radius 2 is 1.79 bits per heavy atom. The monoisotopic (exact) mass is 321 g/mol. The van der Waals surface area contributed by atoms with Crippen molar-refractivity contribution in [3.05, 3.63) is 47.5 Å². The van der Waals surface area contributed by atoms with E-state index in [2.05, 4.69) is 9.89 Å². The zero-order valence-electron chi connectivity index (χ0n) is 13.4. The third-order valence-corrected chi connectivity index (χ3v) is 4.69. The number of benzene rings is 2. The molecule has 122 valence electrons. The molecule has 0 spiro atoms. The molecule has 5 heteroatoms. The van der Waals surface area contributed by atoms with Crippen molar-refractivity contribution >= 4 is 28.9 Å². The summed E-state index contributed by atoms with van der Waals surface area (Å²) in [5, 5.41) is 1.93. The van der Waals surface area contributed by atoms with Crippen molar-refractivity contribution in [3.8, 4) is 0 Å². The number of nitrogens with zero attached hydrogens (tertiary/aromatic N) is 3. The Morgan fingerprint density at radius 3 is 2.58 bits per heavy atom. The van der Waals surface area contributed by atoms with Crippen LogP contribution in [0, 0.1) is 0 Å². The van der Waals surface area contributed by atoms with E-state index in [0.29, 0.717) is 17.7 Å². The highest BCUT2D eigenvalue weighted by Crippen LogP contribution is 2.23. The van der Waals surface area contributed by atoms with Gasteiger partial charge in [-0.2, -0.15) is 0 Å². The number of carbonyl (C=O) groups is 2. The molecule has 1 saturated heterocycles. The highest BCUT2D eigenvalue weighted by molar-refractivity contribution is 6.11. The van der Waals surface area contributed by atoms with Crippen molar-refractivity contribution in [2.75, 3.05) is 26.2 Å². The largest absolute Gasteiger partial charge is 0.342 e. The van der Waals surface area contributed by atoms with E-state index in [0.717, 1.165) is 55.5 Å². The van der Waals surface area contributed by atoms with Crippen LogP contribution in [-0.2, 0) is 0 Å². The first kappa shape index (κ1) is 14.9. The van der Waals surface area contributed by atoms with Crippen LogP contribution in [0.2, 0.25) is 0 Å². The minimum Gasteiger partial charge on any atom is -0.342 e. The van der Waals surface area contributed by atoms with E-state index in [4.69, 9.17) is 0 Å². The van der Waals surface area contributed by atoms with Gasteiger partial charge in [0.1, 0.15) is 0 Å². The molecular formula is C19H19N3O2.